The molecule has 0 bridgehead atoms. The fourth-order valence-corrected chi connectivity index (χ4v) is 0.362. The highest BCUT2D eigenvalue weighted by Crippen LogP contribution is 1.81. The molecule has 9 heavy (non-hydrogen) atoms. The van der Waals surface area contributed by atoms with Gasteiger partial charge in [-0.1, -0.05) is 15.9 Å². The number of hydrogen-bond acceptors (Lipinski definition) is 2. The summed E-state index contributed by atoms with van der Waals surface area (Å²) in [4.78, 5) is 1.69. The lowest BCUT2D eigenvalue weighted by Gasteiger charge is -1.85. The van der Waals surface area contributed by atoms with Crippen molar-refractivity contribution in [2.24, 2.45) is 0 Å². The van der Waals surface area contributed by atoms with Gasteiger partial charge in [0.05, 0.1) is 0 Å². The van der Waals surface area contributed by atoms with Gasteiger partial charge in [0.25, 0.3) is 0 Å². The third-order valence-corrected chi connectivity index (χ3v) is 0.866. The van der Waals surface area contributed by atoms with Gasteiger partial charge in [-0.15, -0.1) is 0 Å². The monoisotopic (exact) mass is 190 g/mol. The summed E-state index contributed by atoms with van der Waals surface area (Å²) in [6.07, 6.45) is 4.05. The molecule has 0 fully saturated rings. The average Bonchev–Trinajstić information content (AvgIpc) is 1.89. The van der Waals surface area contributed by atoms with Crippen LogP contribution < -0.4 is 0 Å². The number of halogens is 1. The highest BCUT2D eigenvalue weighted by molar-refractivity contribution is 9.11. The number of aliphatic hydroxyl groups is 1. The molecule has 2 nitrogen and oxygen atoms in total. The Morgan fingerprint density at radius 3 is 3.00 bits per heavy atom. The lowest BCUT2D eigenvalue weighted by Crippen LogP contribution is -1.81. The van der Waals surface area contributed by atoms with Gasteiger partial charge in [-0.3, -0.25) is 0 Å². The molecule has 3 heteroatoms. The molecule has 0 aliphatic carbocycles. The zero-order valence-electron chi connectivity index (χ0n) is 4.80. The SMILES string of the molecule is OCC#COCC=CBr. The van der Waals surface area contributed by atoms with E-state index >= 15 is 0 Å². The van der Waals surface area contributed by atoms with E-state index in [4.69, 9.17) is 5.11 Å². The fraction of sp³-hybridized carbons (Fsp3) is 0.333. The molecule has 0 saturated carbocycles. The van der Waals surface area contributed by atoms with Gasteiger partial charge in [-0.2, -0.15) is 0 Å². The molecule has 0 rings (SSSR count). The Morgan fingerprint density at radius 1 is 1.67 bits per heavy atom. The van der Waals surface area contributed by atoms with Crippen LogP contribution in [-0.4, -0.2) is 18.3 Å². The van der Waals surface area contributed by atoms with Gasteiger partial charge in [0.1, 0.15) is 19.3 Å². The number of ether oxygens (including phenoxy) is 1. The van der Waals surface area contributed by atoms with Gasteiger partial charge in [0.2, 0.25) is 0 Å². The van der Waals surface area contributed by atoms with Gasteiger partial charge in [-0.25, -0.2) is 0 Å². The molecule has 0 aromatic heterocycles. The van der Waals surface area contributed by atoms with E-state index in [0.29, 0.717) is 6.61 Å². The van der Waals surface area contributed by atoms with E-state index < -0.39 is 0 Å². The Balaban J connectivity index is 3.09. The lowest BCUT2D eigenvalue weighted by atomic mass is 10.7. The maximum atomic E-state index is 8.14. The highest BCUT2D eigenvalue weighted by atomic mass is 79.9. The van der Waals surface area contributed by atoms with Crippen molar-refractivity contribution in [1.29, 1.82) is 0 Å². The maximum Gasteiger partial charge on any atom is 0.119 e. The van der Waals surface area contributed by atoms with Gasteiger partial charge in [0, 0.05) is 0 Å². The van der Waals surface area contributed by atoms with Crippen LogP contribution in [-0.2, 0) is 4.74 Å². The zero-order valence-corrected chi connectivity index (χ0v) is 6.39. The van der Waals surface area contributed by atoms with Crippen molar-refractivity contribution < 1.29 is 9.84 Å². The minimum atomic E-state index is -0.155. The van der Waals surface area contributed by atoms with Crippen LogP contribution in [0.25, 0.3) is 0 Å². The molecule has 0 aromatic rings. The van der Waals surface area contributed by atoms with Crippen LogP contribution in [0.1, 0.15) is 0 Å². The molecule has 0 heterocycles. The van der Waals surface area contributed by atoms with Crippen molar-refractivity contribution in [3.63, 3.8) is 0 Å². The van der Waals surface area contributed by atoms with Crippen LogP contribution in [0.4, 0.5) is 0 Å². The summed E-state index contributed by atoms with van der Waals surface area (Å²) in [5.41, 5.74) is 0. The summed E-state index contributed by atoms with van der Waals surface area (Å²) >= 11 is 3.06. The molecule has 0 saturated heterocycles. The molecule has 0 radical (unpaired) electrons. The van der Waals surface area contributed by atoms with Crippen LogP contribution in [0.15, 0.2) is 11.1 Å². The molecule has 50 valence electrons. The highest BCUT2D eigenvalue weighted by Gasteiger charge is 1.69. The smallest absolute Gasteiger partial charge is 0.119 e. The van der Waals surface area contributed by atoms with E-state index in [0.717, 1.165) is 0 Å². The van der Waals surface area contributed by atoms with E-state index in [1.54, 1.807) is 11.1 Å². The first-order chi connectivity index (χ1) is 4.41. The molecule has 0 aliphatic heterocycles. The molecule has 0 amide bonds. The summed E-state index contributed by atoms with van der Waals surface area (Å²) in [5.74, 6) is 2.34. The summed E-state index contributed by atoms with van der Waals surface area (Å²) in [5, 5.41) is 8.14. The molecule has 1 N–H and O–H groups in total. The minimum Gasteiger partial charge on any atom is -0.442 e. The minimum absolute atomic E-state index is 0.155. The van der Waals surface area contributed by atoms with Crippen LogP contribution in [0.3, 0.4) is 0 Å². The fourth-order valence-electron chi connectivity index (χ4n) is 0.209. The van der Waals surface area contributed by atoms with Crippen molar-refractivity contribution in [2.75, 3.05) is 13.2 Å². The Bertz CT molecular complexity index is 132. The normalized spacial score (nSPS) is 8.67. The molecule has 0 unspecified atom stereocenters. The van der Waals surface area contributed by atoms with E-state index in [9.17, 15) is 0 Å². The lowest BCUT2D eigenvalue weighted by molar-refractivity contribution is 0.314. The third kappa shape index (κ3) is 7.54. The van der Waals surface area contributed by atoms with Crippen molar-refractivity contribution >= 4 is 15.9 Å². The number of rotatable bonds is 2. The molecule has 0 aliphatic rings. The van der Waals surface area contributed by atoms with Crippen molar-refractivity contribution in [3.8, 4) is 12.0 Å². The van der Waals surface area contributed by atoms with E-state index in [1.807, 2.05) is 0 Å². The van der Waals surface area contributed by atoms with Crippen molar-refractivity contribution in [1.82, 2.24) is 0 Å². The van der Waals surface area contributed by atoms with E-state index in [2.05, 4.69) is 32.7 Å². The Hall–Kier alpha value is -0.460. The largest absolute Gasteiger partial charge is 0.442 e. The second-order valence-corrected chi connectivity index (χ2v) is 1.64. The molecular weight excluding hydrogens is 184 g/mol. The Labute approximate surface area is 62.6 Å². The molecular formula is C6H7BrO2. The Morgan fingerprint density at radius 2 is 2.44 bits per heavy atom. The van der Waals surface area contributed by atoms with Crippen molar-refractivity contribution in [3.05, 3.63) is 11.1 Å². The van der Waals surface area contributed by atoms with E-state index in [1.165, 1.54) is 0 Å². The average molecular weight is 191 g/mol. The molecule has 0 spiro atoms. The van der Waals surface area contributed by atoms with E-state index in [-0.39, 0.29) is 6.61 Å². The molecule has 0 atom stereocenters. The van der Waals surface area contributed by atoms with Crippen LogP contribution in [0.2, 0.25) is 0 Å². The summed E-state index contributed by atoms with van der Waals surface area (Å²) in [6, 6.07) is 0. The first-order valence-electron chi connectivity index (χ1n) is 2.37. The van der Waals surface area contributed by atoms with Gasteiger partial charge in [0.15, 0.2) is 0 Å². The van der Waals surface area contributed by atoms with Gasteiger partial charge >= 0.3 is 0 Å². The Kier molecular flexibility index (Phi) is 7.15. The van der Waals surface area contributed by atoms with Gasteiger partial charge < -0.3 is 9.84 Å². The summed E-state index contributed by atoms with van der Waals surface area (Å²) < 4.78 is 4.68. The number of aliphatic hydroxyl groups excluding tert-OH is 1. The van der Waals surface area contributed by atoms with Gasteiger partial charge in [-0.05, 0) is 17.0 Å². The quantitative estimate of drug-likeness (QED) is 0.518. The zero-order chi connectivity index (χ0) is 6.95. The van der Waals surface area contributed by atoms with Crippen LogP contribution in [0.5, 0.6) is 0 Å². The predicted molar refractivity (Wildman–Crippen MR) is 38.9 cm³/mol. The maximum absolute atomic E-state index is 8.14. The van der Waals surface area contributed by atoms with Crippen molar-refractivity contribution in [2.45, 2.75) is 0 Å². The topological polar surface area (TPSA) is 29.5 Å². The predicted octanol–water partition coefficient (Wildman–Crippen LogP) is 0.865. The summed E-state index contributed by atoms with van der Waals surface area (Å²) in [7, 11) is 0. The first kappa shape index (κ1) is 8.54. The van der Waals surface area contributed by atoms with Crippen LogP contribution >= 0.6 is 15.9 Å². The standard InChI is InChI=1S/C6H7BrO2/c7-3-1-5-9-6-2-4-8/h1,3,8H,4-5H2. The van der Waals surface area contributed by atoms with Crippen LogP contribution in [0, 0.1) is 12.0 Å². The molecule has 0 aromatic carbocycles. The second kappa shape index (κ2) is 7.54. The number of hydrogen-bond donors (Lipinski definition) is 1. The second-order valence-electron chi connectivity index (χ2n) is 1.11. The third-order valence-electron chi connectivity index (χ3n) is 0.492. The first-order valence-corrected chi connectivity index (χ1v) is 3.29. The summed E-state index contributed by atoms with van der Waals surface area (Å²) in [6.45, 7) is 0.288.